The van der Waals surface area contributed by atoms with Gasteiger partial charge < -0.3 is 4.74 Å². The normalized spacial score (nSPS) is 13.6. The SMILES string of the molecule is CC[C@H](C)[C@@H](C(=O)OCc1ccccc1)N(CC)S(=O)(=O)c1ccccc1[N+](=O)[O-]. The number of hydrogen-bond donors (Lipinski definition) is 0. The number of carbonyl (C=O) groups is 1. The summed E-state index contributed by atoms with van der Waals surface area (Å²) < 4.78 is 33.1. The highest BCUT2D eigenvalue weighted by molar-refractivity contribution is 7.89. The highest BCUT2D eigenvalue weighted by atomic mass is 32.2. The van der Waals surface area contributed by atoms with Crippen LogP contribution in [0.1, 0.15) is 32.8 Å². The molecule has 8 nitrogen and oxygen atoms in total. The van der Waals surface area contributed by atoms with Crippen molar-refractivity contribution in [3.63, 3.8) is 0 Å². The Morgan fingerprint density at radius 3 is 2.27 bits per heavy atom. The molecule has 0 heterocycles. The monoisotopic (exact) mass is 434 g/mol. The number of para-hydroxylation sites is 1. The third-order valence-corrected chi connectivity index (χ3v) is 6.92. The summed E-state index contributed by atoms with van der Waals surface area (Å²) in [5.74, 6) is -1.04. The van der Waals surface area contributed by atoms with E-state index in [2.05, 4.69) is 0 Å². The van der Waals surface area contributed by atoms with Gasteiger partial charge in [0.15, 0.2) is 4.90 Å². The maximum Gasteiger partial charge on any atom is 0.325 e. The highest BCUT2D eigenvalue weighted by Crippen LogP contribution is 2.30. The van der Waals surface area contributed by atoms with Gasteiger partial charge in [-0.15, -0.1) is 0 Å². The van der Waals surface area contributed by atoms with Gasteiger partial charge in [0.05, 0.1) is 4.92 Å². The molecule has 2 aromatic rings. The lowest BCUT2D eigenvalue weighted by Crippen LogP contribution is -2.49. The van der Waals surface area contributed by atoms with Crippen LogP contribution in [0, 0.1) is 16.0 Å². The predicted octanol–water partition coefficient (Wildman–Crippen LogP) is 3.76. The molecule has 0 bridgehead atoms. The summed E-state index contributed by atoms with van der Waals surface area (Å²) in [7, 11) is -4.32. The lowest BCUT2D eigenvalue weighted by atomic mass is 9.99. The zero-order chi connectivity index (χ0) is 22.3. The van der Waals surface area contributed by atoms with Crippen LogP contribution in [0.2, 0.25) is 0 Å². The molecule has 2 rings (SSSR count). The second-order valence-electron chi connectivity index (χ2n) is 6.86. The number of carbonyl (C=O) groups excluding carboxylic acids is 1. The van der Waals surface area contributed by atoms with Crippen molar-refractivity contribution < 1.29 is 22.9 Å². The average Bonchev–Trinajstić information content (AvgIpc) is 2.75. The van der Waals surface area contributed by atoms with Gasteiger partial charge in [0.2, 0.25) is 0 Å². The van der Waals surface area contributed by atoms with E-state index in [4.69, 9.17) is 4.74 Å². The van der Waals surface area contributed by atoms with Crippen LogP contribution in [0.25, 0.3) is 0 Å². The number of nitrogens with zero attached hydrogens (tertiary/aromatic N) is 2. The number of sulfonamides is 1. The van der Waals surface area contributed by atoms with E-state index in [9.17, 15) is 23.3 Å². The molecule has 0 aliphatic heterocycles. The van der Waals surface area contributed by atoms with E-state index in [1.165, 1.54) is 18.2 Å². The molecule has 0 fully saturated rings. The zero-order valence-electron chi connectivity index (χ0n) is 17.2. The number of likely N-dealkylation sites (N-methyl/N-ethyl adjacent to an activating group) is 1. The van der Waals surface area contributed by atoms with Crippen molar-refractivity contribution in [2.75, 3.05) is 6.54 Å². The number of esters is 1. The van der Waals surface area contributed by atoms with Crippen LogP contribution >= 0.6 is 0 Å². The molecule has 0 saturated carbocycles. The number of ether oxygens (including phenoxy) is 1. The molecule has 2 aromatic carbocycles. The number of nitro groups is 1. The lowest BCUT2D eigenvalue weighted by molar-refractivity contribution is -0.387. The Bertz CT molecular complexity index is 978. The maximum atomic E-state index is 13.3. The fraction of sp³-hybridized carbons (Fsp3) is 0.381. The number of nitro benzene ring substituents is 1. The van der Waals surface area contributed by atoms with Crippen LogP contribution in [0.15, 0.2) is 59.5 Å². The van der Waals surface area contributed by atoms with E-state index in [0.29, 0.717) is 6.42 Å². The standard InChI is InChI=1S/C21H26N2O6S/c1-4-16(3)20(21(24)29-15-17-11-7-6-8-12-17)22(5-2)30(27,28)19-14-10-9-13-18(19)23(25)26/h6-14,16,20H,4-5,15H2,1-3H3/t16-,20-/m0/s1. The molecule has 0 spiro atoms. The summed E-state index contributed by atoms with van der Waals surface area (Å²) in [6.45, 7) is 5.16. The molecule has 0 unspecified atom stereocenters. The van der Waals surface area contributed by atoms with Gasteiger partial charge in [-0.25, -0.2) is 8.42 Å². The van der Waals surface area contributed by atoms with Crippen LogP contribution in [-0.2, 0) is 26.2 Å². The summed E-state index contributed by atoms with van der Waals surface area (Å²) in [5.41, 5.74) is 0.245. The average molecular weight is 435 g/mol. The van der Waals surface area contributed by atoms with Crippen LogP contribution in [0.4, 0.5) is 5.69 Å². The maximum absolute atomic E-state index is 13.3. The van der Waals surface area contributed by atoms with Crippen molar-refractivity contribution in [1.82, 2.24) is 4.31 Å². The molecular weight excluding hydrogens is 408 g/mol. The van der Waals surface area contributed by atoms with Gasteiger partial charge in [0.1, 0.15) is 12.6 Å². The Morgan fingerprint density at radius 2 is 1.70 bits per heavy atom. The van der Waals surface area contributed by atoms with Gasteiger partial charge in [-0.2, -0.15) is 4.31 Å². The molecule has 0 saturated heterocycles. The Hall–Kier alpha value is -2.78. The van der Waals surface area contributed by atoms with E-state index in [1.807, 2.05) is 25.1 Å². The Kier molecular flexibility index (Phi) is 8.08. The fourth-order valence-electron chi connectivity index (χ4n) is 3.14. The van der Waals surface area contributed by atoms with Crippen LogP contribution in [-0.4, -0.2) is 36.2 Å². The molecule has 2 atom stereocenters. The largest absolute Gasteiger partial charge is 0.460 e. The second kappa shape index (κ2) is 10.3. The Morgan fingerprint density at radius 1 is 1.10 bits per heavy atom. The first-order valence-electron chi connectivity index (χ1n) is 9.69. The molecule has 0 amide bonds. The molecule has 9 heteroatoms. The van der Waals surface area contributed by atoms with E-state index >= 15 is 0 Å². The predicted molar refractivity (Wildman–Crippen MR) is 112 cm³/mol. The van der Waals surface area contributed by atoms with Crippen molar-refractivity contribution in [1.29, 1.82) is 0 Å². The minimum atomic E-state index is -4.32. The second-order valence-corrected chi connectivity index (χ2v) is 8.72. The summed E-state index contributed by atoms with van der Waals surface area (Å²) >= 11 is 0. The smallest absolute Gasteiger partial charge is 0.325 e. The molecule has 162 valence electrons. The van der Waals surface area contributed by atoms with Crippen molar-refractivity contribution in [2.24, 2.45) is 5.92 Å². The first-order valence-corrected chi connectivity index (χ1v) is 11.1. The molecule has 0 radical (unpaired) electrons. The third-order valence-electron chi connectivity index (χ3n) is 4.92. The number of hydrogen-bond acceptors (Lipinski definition) is 6. The number of rotatable bonds is 10. The van der Waals surface area contributed by atoms with Crippen molar-refractivity contribution in [3.8, 4) is 0 Å². The molecule has 0 aromatic heterocycles. The quantitative estimate of drug-likeness (QED) is 0.320. The van der Waals surface area contributed by atoms with Crippen LogP contribution in [0.5, 0.6) is 0 Å². The van der Waals surface area contributed by atoms with Gasteiger partial charge in [0.25, 0.3) is 15.7 Å². The minimum absolute atomic E-state index is 0.00962. The van der Waals surface area contributed by atoms with Crippen LogP contribution < -0.4 is 0 Å². The van der Waals surface area contributed by atoms with Gasteiger partial charge >= 0.3 is 5.97 Å². The van der Waals surface area contributed by atoms with E-state index < -0.39 is 37.5 Å². The molecule has 0 N–H and O–H groups in total. The molecule has 0 aliphatic carbocycles. The lowest BCUT2D eigenvalue weighted by Gasteiger charge is -2.32. The van der Waals surface area contributed by atoms with Gasteiger partial charge in [-0.05, 0) is 17.5 Å². The Balaban J connectivity index is 2.41. The first-order chi connectivity index (χ1) is 14.2. The topological polar surface area (TPSA) is 107 Å². The summed E-state index contributed by atoms with van der Waals surface area (Å²) in [6, 6.07) is 13.1. The fourth-order valence-corrected chi connectivity index (χ4v) is 4.98. The first kappa shape index (κ1) is 23.5. The van der Waals surface area contributed by atoms with E-state index in [1.54, 1.807) is 26.0 Å². The Labute approximate surface area is 176 Å². The van der Waals surface area contributed by atoms with Crippen molar-refractivity contribution in [3.05, 3.63) is 70.3 Å². The highest BCUT2D eigenvalue weighted by Gasteiger charge is 2.41. The zero-order valence-corrected chi connectivity index (χ0v) is 18.0. The van der Waals surface area contributed by atoms with Gasteiger partial charge in [-0.1, -0.05) is 69.7 Å². The number of benzene rings is 2. The van der Waals surface area contributed by atoms with Crippen LogP contribution in [0.3, 0.4) is 0 Å². The molecule has 30 heavy (non-hydrogen) atoms. The van der Waals surface area contributed by atoms with E-state index in [0.717, 1.165) is 15.9 Å². The van der Waals surface area contributed by atoms with Gasteiger partial charge in [0, 0.05) is 12.6 Å². The summed E-state index contributed by atoms with van der Waals surface area (Å²) in [6.07, 6.45) is 0.522. The third kappa shape index (κ3) is 5.22. The van der Waals surface area contributed by atoms with Crippen molar-refractivity contribution >= 4 is 21.7 Å². The van der Waals surface area contributed by atoms with E-state index in [-0.39, 0.29) is 19.1 Å². The summed E-state index contributed by atoms with van der Waals surface area (Å²) in [5, 5.41) is 11.4. The molecular formula is C21H26N2O6S. The van der Waals surface area contributed by atoms with Crippen molar-refractivity contribution in [2.45, 2.75) is 44.7 Å². The summed E-state index contributed by atoms with van der Waals surface area (Å²) in [4.78, 5) is 23.1. The van der Waals surface area contributed by atoms with Gasteiger partial charge in [-0.3, -0.25) is 14.9 Å². The molecule has 0 aliphatic rings. The minimum Gasteiger partial charge on any atom is -0.460 e.